The van der Waals surface area contributed by atoms with Gasteiger partial charge in [-0.05, 0) is 120 Å². The molecule has 6 aromatic heterocycles. The number of para-hydroxylation sites is 4. The number of fused-ring (bicyclic) bond motifs is 9. The summed E-state index contributed by atoms with van der Waals surface area (Å²) in [6, 6.07) is 92.3. The number of anilines is 6. The Bertz CT molecular complexity index is 4610. The van der Waals surface area contributed by atoms with Crippen molar-refractivity contribution in [2.45, 2.75) is 0 Å². The van der Waals surface area contributed by atoms with E-state index >= 15 is 0 Å². The summed E-state index contributed by atoms with van der Waals surface area (Å²) in [5, 5.41) is 6.68. The molecular formula is C72H50F12N8P2Ru. The molecule has 6 heterocycles. The molecule has 15 aromatic rings. The maximum atomic E-state index is 9.87. The van der Waals surface area contributed by atoms with Gasteiger partial charge in [0.05, 0.1) is 33.1 Å². The van der Waals surface area contributed by atoms with E-state index in [4.69, 9.17) is 9.97 Å². The minimum absolute atomic E-state index is 0. The largest absolute Gasteiger partial charge is 2.00 e. The van der Waals surface area contributed by atoms with E-state index in [-0.39, 0.29) is 19.5 Å². The van der Waals surface area contributed by atoms with Gasteiger partial charge in [-0.3, -0.25) is 29.9 Å². The van der Waals surface area contributed by atoms with Crippen LogP contribution in [0, 0.1) is 0 Å². The van der Waals surface area contributed by atoms with Crippen LogP contribution >= 0.6 is 15.6 Å². The fraction of sp³-hybridized carbons (Fsp3) is 0. The summed E-state index contributed by atoms with van der Waals surface area (Å²) >= 11 is 0. The third-order valence-electron chi connectivity index (χ3n) is 14.2. The third kappa shape index (κ3) is 19.2. The van der Waals surface area contributed by atoms with Gasteiger partial charge in [-0.1, -0.05) is 158 Å². The summed E-state index contributed by atoms with van der Waals surface area (Å²) in [4.78, 5) is 31.8. The molecule has 23 heteroatoms. The van der Waals surface area contributed by atoms with E-state index in [0.29, 0.717) is 0 Å². The molecule has 15 rings (SSSR count). The number of rotatable bonds is 8. The van der Waals surface area contributed by atoms with Crippen molar-refractivity contribution in [1.82, 2.24) is 29.9 Å². The number of aromatic nitrogens is 6. The fourth-order valence-electron chi connectivity index (χ4n) is 10.3. The van der Waals surface area contributed by atoms with Crippen LogP contribution < -0.4 is 9.80 Å². The number of nitrogens with zero attached hydrogens (tertiary/aromatic N) is 8. The average molecular weight is 1420 g/mol. The molecule has 0 amide bonds. The van der Waals surface area contributed by atoms with Gasteiger partial charge in [0.1, 0.15) is 0 Å². The number of halogens is 12. The second-order valence-corrected chi connectivity index (χ2v) is 24.9. The van der Waals surface area contributed by atoms with Crippen molar-refractivity contribution in [2.24, 2.45) is 0 Å². The predicted molar refractivity (Wildman–Crippen MR) is 359 cm³/mol. The Kier molecular flexibility index (Phi) is 18.7. The summed E-state index contributed by atoms with van der Waals surface area (Å²) < 4.78 is 118. The Labute approximate surface area is 548 Å². The molecule has 0 saturated carbocycles. The van der Waals surface area contributed by atoms with Crippen molar-refractivity contribution in [3.05, 3.63) is 304 Å². The topological polar surface area (TPSA) is 83.8 Å². The van der Waals surface area contributed by atoms with Crippen molar-refractivity contribution in [3.63, 3.8) is 0 Å². The van der Waals surface area contributed by atoms with Crippen molar-refractivity contribution in [1.29, 1.82) is 0 Å². The zero-order valence-corrected chi connectivity index (χ0v) is 52.8. The maximum absolute atomic E-state index is 10.7. The van der Waals surface area contributed by atoms with Crippen LogP contribution in [0.5, 0.6) is 0 Å². The second-order valence-electron chi connectivity index (χ2n) is 21.1. The van der Waals surface area contributed by atoms with Gasteiger partial charge < -0.3 is 9.80 Å². The molecule has 0 bridgehead atoms. The maximum Gasteiger partial charge on any atom is 2.00 e. The quantitative estimate of drug-likeness (QED) is 0.0644. The summed E-state index contributed by atoms with van der Waals surface area (Å²) in [7, 11) is -21.3. The zero-order chi connectivity index (χ0) is 66.3. The van der Waals surface area contributed by atoms with Gasteiger partial charge in [0.25, 0.3) is 0 Å². The van der Waals surface area contributed by atoms with Gasteiger partial charge in [0.2, 0.25) is 0 Å². The van der Waals surface area contributed by atoms with Crippen LogP contribution in [-0.2, 0) is 19.5 Å². The number of benzene rings is 9. The van der Waals surface area contributed by atoms with E-state index in [0.717, 1.165) is 122 Å². The number of hydrogen-bond acceptors (Lipinski definition) is 8. The second kappa shape index (κ2) is 26.2. The Balaban J connectivity index is 0.000000182. The van der Waals surface area contributed by atoms with E-state index in [1.165, 1.54) is 0 Å². The Hall–Kier alpha value is -10.3. The molecule has 0 atom stereocenters. The number of pyridine rings is 6. The average Bonchev–Trinajstić information content (AvgIpc) is 0.800. The Morgan fingerprint density at radius 2 is 0.421 bits per heavy atom. The first-order valence-electron chi connectivity index (χ1n) is 28.6. The summed E-state index contributed by atoms with van der Waals surface area (Å²) in [5.74, 6) is 0. The third-order valence-corrected chi connectivity index (χ3v) is 14.2. The van der Waals surface area contributed by atoms with E-state index in [1.54, 1.807) is 24.8 Å². The Morgan fingerprint density at radius 3 is 0.663 bits per heavy atom. The van der Waals surface area contributed by atoms with E-state index < -0.39 is 15.6 Å². The van der Waals surface area contributed by atoms with Crippen LogP contribution in [0.25, 0.3) is 87.7 Å². The van der Waals surface area contributed by atoms with E-state index in [1.807, 2.05) is 60.9 Å². The summed E-state index contributed by atoms with van der Waals surface area (Å²) in [6.45, 7) is 0. The minimum Gasteiger partial charge on any atom is -0.311 e. The van der Waals surface area contributed by atoms with Crippen LogP contribution in [0.1, 0.15) is 0 Å². The van der Waals surface area contributed by atoms with Crippen LogP contribution in [0.3, 0.4) is 0 Å². The molecule has 9 aromatic carbocycles. The van der Waals surface area contributed by atoms with Crippen molar-refractivity contribution in [3.8, 4) is 22.3 Å². The molecule has 0 N–H and O–H groups in total. The molecule has 8 nitrogen and oxygen atoms in total. The van der Waals surface area contributed by atoms with Gasteiger partial charge >= 0.3 is 85.5 Å². The molecule has 0 spiro atoms. The fourth-order valence-corrected chi connectivity index (χ4v) is 10.3. The van der Waals surface area contributed by atoms with Crippen LogP contribution in [0.4, 0.5) is 84.5 Å². The van der Waals surface area contributed by atoms with Crippen LogP contribution in [0.15, 0.2) is 304 Å². The number of hydrogen-bond donors (Lipinski definition) is 0. The molecule has 0 fully saturated rings. The summed E-state index contributed by atoms with van der Waals surface area (Å²) in [6.07, 6.45) is 11.1. The monoisotopic (exact) mass is 1420 g/mol. The molecule has 0 aliphatic carbocycles. The van der Waals surface area contributed by atoms with Gasteiger partial charge in [-0.15, -0.1) is 0 Å². The van der Waals surface area contributed by atoms with Crippen molar-refractivity contribution < 1.29 is 69.8 Å². The first kappa shape index (κ1) is 67.6. The zero-order valence-electron chi connectivity index (χ0n) is 49.2. The first-order chi connectivity index (χ1) is 44.6. The SMILES string of the molecule is F[P-](F)(F)(F)(F)F.F[P-](F)(F)(F)(F)F.[Ru+2].c1ccc(N(c2ccccc2)c2ccc(-c3cnc4c(ccc5cc(-c6ccc(N(c7ccccc7)c7ccccc7)cc6)cnc54)c3)cc2)cc1.c1cnc2c(c1)ccc1cccnc12.c1cnc2c(c1)ccc1cccnc12. The minimum atomic E-state index is -10.7. The standard InChI is InChI=1S/C48H34N4.2C12H8N2.2F6P.Ru/c1-5-13-41(14-6-1)51(42-15-7-2-8-16-42)45-27-23-35(24-28-45)39-31-37-21-22-38-32-40(34-50-48(38)47(37)49-33-39)36-25-29-46(30-26-36)52(43-17-9-3-10-18-43)44-19-11-4-12-20-44;2*1-3-9-5-6-10-4-2-8-14-12(10)11(9)13-7-1;2*1-7(2,3,4,5)6;/h1-34H;2*1-8H;;;/q;;;2*-1;+2. The van der Waals surface area contributed by atoms with Crippen molar-refractivity contribution >= 4 is 115 Å². The molecule has 0 unspecified atom stereocenters. The van der Waals surface area contributed by atoms with E-state index in [9.17, 15) is 50.4 Å². The van der Waals surface area contributed by atoms with Crippen LogP contribution in [0.2, 0.25) is 0 Å². The van der Waals surface area contributed by atoms with Gasteiger partial charge in [0.15, 0.2) is 0 Å². The van der Waals surface area contributed by atoms with Crippen LogP contribution in [-0.4, -0.2) is 29.9 Å². The smallest absolute Gasteiger partial charge is 0.311 e. The normalized spacial score (nSPS) is 12.7. The molecule has 0 aliphatic heterocycles. The molecule has 480 valence electrons. The molecule has 0 radical (unpaired) electrons. The molecule has 0 aliphatic rings. The summed E-state index contributed by atoms with van der Waals surface area (Å²) in [5.41, 5.74) is 16.7. The Morgan fingerprint density at radius 1 is 0.211 bits per heavy atom. The van der Waals surface area contributed by atoms with Gasteiger partial charge in [0, 0.05) is 115 Å². The molecule has 95 heavy (non-hydrogen) atoms. The molecule has 0 saturated heterocycles. The predicted octanol–water partition coefficient (Wildman–Crippen LogP) is 25.4. The molecular weight excluding hydrogens is 1370 g/mol. The van der Waals surface area contributed by atoms with Gasteiger partial charge in [-0.2, -0.15) is 0 Å². The first-order valence-corrected chi connectivity index (χ1v) is 32.6. The van der Waals surface area contributed by atoms with Crippen molar-refractivity contribution in [2.75, 3.05) is 9.80 Å². The van der Waals surface area contributed by atoms with Gasteiger partial charge in [-0.25, -0.2) is 0 Å². The van der Waals surface area contributed by atoms with E-state index in [2.05, 4.69) is 248 Å².